The van der Waals surface area contributed by atoms with Crippen molar-refractivity contribution in [1.29, 1.82) is 0 Å². The summed E-state index contributed by atoms with van der Waals surface area (Å²) >= 11 is 0. The summed E-state index contributed by atoms with van der Waals surface area (Å²) in [4.78, 5) is 0. The second-order valence-electron chi connectivity index (χ2n) is 5.32. The first-order chi connectivity index (χ1) is 11.7. The Morgan fingerprint density at radius 1 is 0.576 bits per heavy atom. The van der Waals surface area contributed by atoms with Crippen LogP contribution in [-0.4, -0.2) is 65.7 Å². The Morgan fingerprint density at radius 2 is 0.848 bits per heavy atom. The Balaban J connectivity index is -0.0000000644. The van der Waals surface area contributed by atoms with Crippen molar-refractivity contribution in [3.8, 4) is 11.4 Å². The SMILES string of the molecule is Cc1c[c-]n(-c2ccccc2)n1.Cc1c[c-]n(-c2ccccc2)n1.[Cl-].[Cl-].[Cl-].[Cl-].[Cl-].[Li+].[Mg+2].[Mg+2].[Zn+2]. The maximum absolute atomic E-state index is 4.24. The van der Waals surface area contributed by atoms with E-state index in [1.54, 1.807) is 9.36 Å². The molecule has 4 nitrogen and oxygen atoms in total. The van der Waals surface area contributed by atoms with E-state index in [9.17, 15) is 0 Å². The summed E-state index contributed by atoms with van der Waals surface area (Å²) < 4.78 is 3.49. The van der Waals surface area contributed by atoms with Crippen LogP contribution in [0.3, 0.4) is 0 Å². The molecule has 0 amide bonds. The number of halogens is 5. The molecule has 4 rings (SSSR count). The Bertz CT molecular complexity index is 843. The average molecular weight is 613 g/mol. The Hall–Kier alpha value is 1.06. The summed E-state index contributed by atoms with van der Waals surface area (Å²) in [7, 11) is 0. The van der Waals surface area contributed by atoms with Gasteiger partial charge >= 0.3 is 84.4 Å². The van der Waals surface area contributed by atoms with Gasteiger partial charge in [0.25, 0.3) is 0 Å². The fourth-order valence-electron chi connectivity index (χ4n) is 2.14. The quantitative estimate of drug-likeness (QED) is 0.167. The van der Waals surface area contributed by atoms with Crippen molar-refractivity contribution in [3.63, 3.8) is 0 Å². The van der Waals surface area contributed by atoms with E-state index in [-0.39, 0.29) is 146 Å². The first kappa shape index (κ1) is 50.8. The van der Waals surface area contributed by atoms with Gasteiger partial charge in [-0.05, 0) is 22.8 Å². The van der Waals surface area contributed by atoms with Crippen molar-refractivity contribution in [2.24, 2.45) is 0 Å². The smallest absolute Gasteiger partial charge is 1.00 e. The molecule has 0 radical (unpaired) electrons. The van der Waals surface area contributed by atoms with Gasteiger partial charge in [-0.1, -0.05) is 86.9 Å². The zero-order valence-corrected chi connectivity index (χ0v) is 28.3. The number of aryl methyl sites for hydroxylation is 2. The van der Waals surface area contributed by atoms with Crippen LogP contribution in [0, 0.1) is 26.2 Å². The van der Waals surface area contributed by atoms with Gasteiger partial charge in [-0.3, -0.25) is 10.2 Å². The number of aromatic nitrogens is 4. The minimum Gasteiger partial charge on any atom is -1.00 e. The summed E-state index contributed by atoms with van der Waals surface area (Å²) in [6, 6.07) is 23.7. The summed E-state index contributed by atoms with van der Waals surface area (Å²) in [5, 5.41) is 8.48. The van der Waals surface area contributed by atoms with Crippen LogP contribution in [-0.2, 0) is 19.5 Å². The van der Waals surface area contributed by atoms with Crippen LogP contribution in [0.1, 0.15) is 11.4 Å². The molecule has 2 aromatic carbocycles. The van der Waals surface area contributed by atoms with Gasteiger partial charge < -0.3 is 71.4 Å². The van der Waals surface area contributed by atoms with Gasteiger partial charge in [0.1, 0.15) is 0 Å². The Kier molecular flexibility index (Phi) is 42.6. The van der Waals surface area contributed by atoms with Gasteiger partial charge in [-0.25, -0.2) is 0 Å². The Morgan fingerprint density at radius 3 is 1.06 bits per heavy atom. The van der Waals surface area contributed by atoms with Crippen molar-refractivity contribution in [2.75, 3.05) is 0 Å². The van der Waals surface area contributed by atoms with E-state index in [2.05, 4.69) is 22.6 Å². The summed E-state index contributed by atoms with van der Waals surface area (Å²) in [5.41, 5.74) is 4.06. The second kappa shape index (κ2) is 27.6. The zero-order valence-electron chi connectivity index (χ0n) is 18.7. The molecule has 0 fully saturated rings. The molecule has 0 saturated heterocycles. The van der Waals surface area contributed by atoms with Crippen molar-refractivity contribution < 1.29 is 100 Å². The molecule has 0 atom stereocenters. The largest absolute Gasteiger partial charge is 2.00 e. The fraction of sp³-hybridized carbons (Fsp3) is 0.100. The van der Waals surface area contributed by atoms with Crippen molar-refractivity contribution in [3.05, 3.63) is 96.6 Å². The second-order valence-corrected chi connectivity index (χ2v) is 5.32. The summed E-state index contributed by atoms with van der Waals surface area (Å²) in [6.45, 7) is 3.91. The van der Waals surface area contributed by atoms with Crippen LogP contribution in [0.25, 0.3) is 11.4 Å². The van der Waals surface area contributed by atoms with Gasteiger partial charge in [0.15, 0.2) is 0 Å². The number of benzene rings is 2. The molecular formula is C20H18Cl5LiMg2N4Zn. The number of hydrogen-bond donors (Lipinski definition) is 0. The molecule has 2 aromatic heterocycles. The van der Waals surface area contributed by atoms with Crippen molar-refractivity contribution in [2.45, 2.75) is 13.8 Å². The molecular weight excluding hydrogens is 594 g/mol. The maximum Gasteiger partial charge on any atom is 2.00 e. The number of nitrogens with zero attached hydrogens (tertiary/aromatic N) is 4. The third-order valence-electron chi connectivity index (χ3n) is 3.31. The Labute approximate surface area is 284 Å². The van der Waals surface area contributed by atoms with Crippen LogP contribution in [0.4, 0.5) is 0 Å². The molecule has 0 aliphatic carbocycles. The van der Waals surface area contributed by atoms with Crippen LogP contribution in [0.15, 0.2) is 72.8 Å². The van der Waals surface area contributed by atoms with E-state index in [4.69, 9.17) is 0 Å². The van der Waals surface area contributed by atoms with E-state index in [0.717, 1.165) is 22.8 Å². The standard InChI is InChI=1S/2C10H9N2.5ClH.Li.2Mg.Zn/c2*1-9-7-8-12(11-9)10-5-3-2-4-6-10;;;;;;;;;/h2*2-7H,1H3;5*1H;;;;/q2*-1;;;;;;+1;3*+2/p-5. The van der Waals surface area contributed by atoms with Gasteiger partial charge in [0.05, 0.1) is 0 Å². The van der Waals surface area contributed by atoms with Crippen molar-refractivity contribution >= 4 is 46.1 Å². The molecule has 0 aliphatic rings. The molecule has 0 aliphatic heterocycles. The minimum absolute atomic E-state index is 0. The molecule has 0 spiro atoms. The van der Waals surface area contributed by atoms with E-state index >= 15 is 0 Å². The third kappa shape index (κ3) is 17.2. The normalized spacial score (nSPS) is 7.33. The van der Waals surface area contributed by atoms with E-state index in [1.165, 1.54) is 0 Å². The molecule has 2 heterocycles. The molecule has 0 N–H and O–H groups in total. The molecule has 0 bridgehead atoms. The molecule has 13 heteroatoms. The van der Waals surface area contributed by atoms with Crippen LogP contribution < -0.4 is 80.9 Å². The van der Waals surface area contributed by atoms with Gasteiger partial charge in [-0.2, -0.15) is 0 Å². The monoisotopic (exact) mass is 608 g/mol. The molecule has 4 aromatic rings. The predicted octanol–water partition coefficient (Wildman–Crippen LogP) is -14.8. The third-order valence-corrected chi connectivity index (χ3v) is 3.31. The van der Waals surface area contributed by atoms with Gasteiger partial charge in [-0.15, -0.1) is 12.1 Å². The number of rotatable bonds is 2. The molecule has 0 saturated carbocycles. The van der Waals surface area contributed by atoms with Crippen LogP contribution in [0.5, 0.6) is 0 Å². The van der Waals surface area contributed by atoms with E-state index < -0.39 is 0 Å². The first-order valence-corrected chi connectivity index (χ1v) is 7.72. The predicted molar refractivity (Wildman–Crippen MR) is 106 cm³/mol. The molecule has 0 unspecified atom stereocenters. The first-order valence-electron chi connectivity index (χ1n) is 7.72. The van der Waals surface area contributed by atoms with Crippen molar-refractivity contribution in [1.82, 2.24) is 19.6 Å². The topological polar surface area (TPSA) is 35.6 Å². The van der Waals surface area contributed by atoms with E-state index in [0.29, 0.717) is 0 Å². The number of para-hydroxylation sites is 2. The average Bonchev–Trinajstić information content (AvgIpc) is 3.26. The summed E-state index contributed by atoms with van der Waals surface area (Å²) in [5.74, 6) is 0. The number of hydrogen-bond acceptors (Lipinski definition) is 2. The van der Waals surface area contributed by atoms with Crippen LogP contribution >= 0.6 is 0 Å². The van der Waals surface area contributed by atoms with Gasteiger partial charge in [0.2, 0.25) is 0 Å². The van der Waals surface area contributed by atoms with Crippen LogP contribution in [0.2, 0.25) is 0 Å². The van der Waals surface area contributed by atoms with E-state index in [1.807, 2.05) is 86.6 Å². The van der Waals surface area contributed by atoms with Gasteiger partial charge in [0, 0.05) is 0 Å². The summed E-state index contributed by atoms with van der Waals surface area (Å²) in [6.07, 6.45) is 6.05. The molecule has 33 heavy (non-hydrogen) atoms. The zero-order chi connectivity index (χ0) is 16.8. The fourth-order valence-corrected chi connectivity index (χ4v) is 2.14. The maximum atomic E-state index is 4.24. The molecule has 160 valence electrons. The minimum atomic E-state index is 0.